The van der Waals surface area contributed by atoms with Gasteiger partial charge in [0.15, 0.2) is 0 Å². The summed E-state index contributed by atoms with van der Waals surface area (Å²) < 4.78 is 0. The van der Waals surface area contributed by atoms with E-state index in [1.165, 1.54) is 0 Å². The molecule has 1 N–H and O–H groups in total. The average molecular weight is 271 g/mol. The molecule has 0 fully saturated rings. The highest BCUT2D eigenvalue weighted by Crippen LogP contribution is 2.30. The summed E-state index contributed by atoms with van der Waals surface area (Å²) in [5.74, 6) is 0. The quantitative estimate of drug-likeness (QED) is 0.792. The molecule has 96 valence electrons. The zero-order chi connectivity index (χ0) is 13.2. The summed E-state index contributed by atoms with van der Waals surface area (Å²) in [4.78, 5) is 8.70. The highest BCUT2D eigenvalue weighted by Gasteiger charge is 2.13. The van der Waals surface area contributed by atoms with Crippen LogP contribution >= 0.6 is 11.3 Å². The summed E-state index contributed by atoms with van der Waals surface area (Å²) in [5, 5.41) is 13.5. The van der Waals surface area contributed by atoms with Crippen LogP contribution in [-0.4, -0.2) is 27.2 Å². The summed E-state index contributed by atoms with van der Waals surface area (Å²) >= 11 is 1.58. The third kappa shape index (κ3) is 2.20. The second-order valence-electron chi connectivity index (χ2n) is 4.19. The largest absolute Gasteiger partial charge is 0.311 e. The molecule has 0 saturated carbocycles. The van der Waals surface area contributed by atoms with Gasteiger partial charge < -0.3 is 5.32 Å². The third-order valence-electron chi connectivity index (χ3n) is 2.97. The molecule has 0 aliphatic rings. The van der Waals surface area contributed by atoms with Crippen molar-refractivity contribution in [1.82, 2.24) is 25.5 Å². The summed E-state index contributed by atoms with van der Waals surface area (Å²) in [6.45, 7) is 2.06. The van der Waals surface area contributed by atoms with Crippen LogP contribution in [0.15, 0.2) is 30.6 Å². The molecule has 0 bridgehead atoms. The summed E-state index contributed by atoms with van der Waals surface area (Å²) in [7, 11) is 1.91. The summed E-state index contributed by atoms with van der Waals surface area (Å²) in [6, 6.07) is 6.12. The minimum Gasteiger partial charge on any atom is -0.311 e. The molecule has 1 atom stereocenters. The van der Waals surface area contributed by atoms with Crippen molar-refractivity contribution < 1.29 is 0 Å². The van der Waals surface area contributed by atoms with Crippen LogP contribution in [0.4, 0.5) is 0 Å². The van der Waals surface area contributed by atoms with E-state index in [0.717, 1.165) is 26.6 Å². The van der Waals surface area contributed by atoms with Crippen LogP contribution in [0.5, 0.6) is 0 Å². The van der Waals surface area contributed by atoms with E-state index in [-0.39, 0.29) is 6.04 Å². The van der Waals surface area contributed by atoms with Crippen molar-refractivity contribution in [2.75, 3.05) is 7.05 Å². The number of fused-ring (bicyclic) bond motifs is 1. The lowest BCUT2D eigenvalue weighted by molar-refractivity contribution is 0.640. The van der Waals surface area contributed by atoms with Gasteiger partial charge >= 0.3 is 0 Å². The molecule has 2 heterocycles. The molecule has 0 amide bonds. The monoisotopic (exact) mass is 271 g/mol. The number of para-hydroxylation sites is 1. The van der Waals surface area contributed by atoms with E-state index >= 15 is 0 Å². The fourth-order valence-corrected chi connectivity index (χ4v) is 2.74. The van der Waals surface area contributed by atoms with E-state index in [9.17, 15) is 0 Å². The topological polar surface area (TPSA) is 63.6 Å². The standard InChI is InChI=1S/C13H13N5S/c1-8(14-2)12-17-18-13(19-12)9-4-3-5-10-11(9)16-7-6-15-10/h3-8,14H,1-2H3. The maximum absolute atomic E-state index is 4.39. The van der Waals surface area contributed by atoms with Gasteiger partial charge in [-0.2, -0.15) is 0 Å². The maximum atomic E-state index is 4.39. The highest BCUT2D eigenvalue weighted by atomic mass is 32.1. The fourth-order valence-electron chi connectivity index (χ4n) is 1.81. The van der Waals surface area contributed by atoms with Crippen molar-refractivity contribution >= 4 is 22.4 Å². The molecule has 5 nitrogen and oxygen atoms in total. The van der Waals surface area contributed by atoms with Crippen LogP contribution < -0.4 is 5.32 Å². The molecule has 1 unspecified atom stereocenters. The van der Waals surface area contributed by atoms with Crippen molar-refractivity contribution in [3.63, 3.8) is 0 Å². The normalized spacial score (nSPS) is 12.7. The van der Waals surface area contributed by atoms with Crippen molar-refractivity contribution in [3.05, 3.63) is 35.6 Å². The van der Waals surface area contributed by atoms with Crippen LogP contribution in [0.2, 0.25) is 0 Å². The molecule has 0 aliphatic heterocycles. The predicted molar refractivity (Wildman–Crippen MR) is 75.9 cm³/mol. The van der Waals surface area contributed by atoms with Gasteiger partial charge in [0.25, 0.3) is 0 Å². The lowest BCUT2D eigenvalue weighted by Gasteiger charge is -2.03. The third-order valence-corrected chi connectivity index (χ3v) is 4.11. The average Bonchev–Trinajstić information content (AvgIpc) is 2.95. The van der Waals surface area contributed by atoms with Gasteiger partial charge in [-0.25, -0.2) is 0 Å². The number of benzene rings is 1. The Morgan fingerprint density at radius 3 is 2.84 bits per heavy atom. The smallest absolute Gasteiger partial charge is 0.150 e. The zero-order valence-electron chi connectivity index (χ0n) is 10.7. The Kier molecular flexibility index (Phi) is 3.18. The number of rotatable bonds is 3. The van der Waals surface area contributed by atoms with E-state index < -0.39 is 0 Å². The Balaban J connectivity index is 2.12. The lowest BCUT2D eigenvalue weighted by atomic mass is 10.2. The van der Waals surface area contributed by atoms with Gasteiger partial charge in [-0.1, -0.05) is 17.4 Å². The lowest BCUT2D eigenvalue weighted by Crippen LogP contribution is -2.11. The first-order valence-corrected chi connectivity index (χ1v) is 6.82. The highest BCUT2D eigenvalue weighted by molar-refractivity contribution is 7.14. The number of nitrogens with zero attached hydrogens (tertiary/aromatic N) is 4. The van der Waals surface area contributed by atoms with Gasteiger partial charge in [-0.05, 0) is 26.1 Å². The molecule has 6 heteroatoms. The maximum Gasteiger partial charge on any atom is 0.150 e. The van der Waals surface area contributed by atoms with E-state index in [0.29, 0.717) is 0 Å². The minimum atomic E-state index is 0.201. The summed E-state index contributed by atoms with van der Waals surface area (Å²) in [5.41, 5.74) is 2.72. The minimum absolute atomic E-state index is 0.201. The zero-order valence-corrected chi connectivity index (χ0v) is 11.5. The molecular weight excluding hydrogens is 258 g/mol. The van der Waals surface area contributed by atoms with E-state index in [4.69, 9.17) is 0 Å². The number of aromatic nitrogens is 4. The van der Waals surface area contributed by atoms with Gasteiger partial charge in [-0.15, -0.1) is 10.2 Å². The molecule has 1 aromatic carbocycles. The molecule has 0 radical (unpaired) electrons. The summed E-state index contributed by atoms with van der Waals surface area (Å²) in [6.07, 6.45) is 3.39. The first-order chi connectivity index (χ1) is 9.29. The molecular formula is C13H13N5S. The van der Waals surface area contributed by atoms with Crippen LogP contribution in [0, 0.1) is 0 Å². The number of hydrogen-bond acceptors (Lipinski definition) is 6. The van der Waals surface area contributed by atoms with E-state index in [2.05, 4.69) is 32.4 Å². The van der Waals surface area contributed by atoms with Gasteiger partial charge in [0, 0.05) is 18.0 Å². The van der Waals surface area contributed by atoms with Crippen LogP contribution in [-0.2, 0) is 0 Å². The SMILES string of the molecule is CNC(C)c1nnc(-c2cccc3nccnc23)s1. The van der Waals surface area contributed by atoms with Crippen LogP contribution in [0.25, 0.3) is 21.6 Å². The van der Waals surface area contributed by atoms with E-state index in [1.54, 1.807) is 23.7 Å². The molecule has 19 heavy (non-hydrogen) atoms. The van der Waals surface area contributed by atoms with Crippen molar-refractivity contribution in [3.8, 4) is 10.6 Å². The Hall–Kier alpha value is -1.92. The van der Waals surface area contributed by atoms with Gasteiger partial charge in [0.2, 0.25) is 0 Å². The Bertz CT molecular complexity index is 704. The second-order valence-corrected chi connectivity index (χ2v) is 5.19. The Labute approximate surface area is 114 Å². The molecule has 3 aromatic rings. The first-order valence-electron chi connectivity index (χ1n) is 6.00. The van der Waals surface area contributed by atoms with Crippen molar-refractivity contribution in [2.24, 2.45) is 0 Å². The number of nitrogens with one attached hydrogen (secondary N) is 1. The van der Waals surface area contributed by atoms with Crippen LogP contribution in [0.3, 0.4) is 0 Å². The first kappa shape index (κ1) is 12.1. The van der Waals surface area contributed by atoms with E-state index in [1.807, 2.05) is 25.2 Å². The predicted octanol–water partition coefficient (Wildman–Crippen LogP) is 2.43. The van der Waals surface area contributed by atoms with Crippen molar-refractivity contribution in [2.45, 2.75) is 13.0 Å². The molecule has 2 aromatic heterocycles. The molecule has 0 aliphatic carbocycles. The van der Waals surface area contributed by atoms with Gasteiger partial charge in [0.1, 0.15) is 10.0 Å². The Morgan fingerprint density at radius 1 is 1.16 bits per heavy atom. The number of hydrogen-bond donors (Lipinski definition) is 1. The van der Waals surface area contributed by atoms with Crippen molar-refractivity contribution in [1.29, 1.82) is 0 Å². The fraction of sp³-hybridized carbons (Fsp3) is 0.231. The van der Waals surface area contributed by atoms with Gasteiger partial charge in [-0.3, -0.25) is 9.97 Å². The Morgan fingerprint density at radius 2 is 2.00 bits per heavy atom. The van der Waals surface area contributed by atoms with Crippen LogP contribution in [0.1, 0.15) is 18.0 Å². The second kappa shape index (κ2) is 4.99. The molecule has 0 saturated heterocycles. The van der Waals surface area contributed by atoms with Gasteiger partial charge in [0.05, 0.1) is 17.1 Å². The molecule has 0 spiro atoms. The molecule has 3 rings (SSSR count).